The smallest absolute Gasteiger partial charge is 0.275 e. The van der Waals surface area contributed by atoms with Gasteiger partial charge in [0.1, 0.15) is 4.90 Å². The molecule has 2 heterocycles. The van der Waals surface area contributed by atoms with Crippen molar-refractivity contribution in [1.29, 1.82) is 0 Å². The van der Waals surface area contributed by atoms with E-state index < -0.39 is 9.05 Å². The molecule has 2 rings (SSSR count). The summed E-state index contributed by atoms with van der Waals surface area (Å²) in [5.41, 5.74) is 0.273. The lowest BCUT2D eigenvalue weighted by Gasteiger charge is -2.26. The van der Waals surface area contributed by atoms with Crippen LogP contribution in [0.1, 0.15) is 43.4 Å². The van der Waals surface area contributed by atoms with Crippen molar-refractivity contribution in [2.45, 2.75) is 39.0 Å². The van der Waals surface area contributed by atoms with Crippen LogP contribution in [0, 0.1) is 18.3 Å². The van der Waals surface area contributed by atoms with Crippen LogP contribution in [0.3, 0.4) is 0 Å². The molecule has 1 fully saturated rings. The molecule has 1 aliphatic heterocycles. The SMILES string of the molecule is Cc1[nH]nc(C(=O)N2CCC(C(C)(C)C)C2)c1S(=O)(=O)Cl. The van der Waals surface area contributed by atoms with E-state index >= 15 is 0 Å². The van der Waals surface area contributed by atoms with Gasteiger partial charge in [0, 0.05) is 23.8 Å². The van der Waals surface area contributed by atoms with Crippen LogP contribution >= 0.6 is 10.7 Å². The number of amides is 1. The fourth-order valence-corrected chi connectivity index (χ4v) is 4.01. The zero-order valence-electron chi connectivity index (χ0n) is 12.6. The lowest BCUT2D eigenvalue weighted by atomic mass is 9.80. The van der Waals surface area contributed by atoms with Crippen molar-refractivity contribution in [2.24, 2.45) is 11.3 Å². The number of nitrogens with one attached hydrogen (secondary N) is 1. The molecule has 1 atom stereocenters. The summed E-state index contributed by atoms with van der Waals surface area (Å²) in [6.07, 6.45) is 0.904. The van der Waals surface area contributed by atoms with E-state index in [4.69, 9.17) is 10.7 Å². The number of aryl methyl sites for hydroxylation is 1. The van der Waals surface area contributed by atoms with Gasteiger partial charge >= 0.3 is 0 Å². The second kappa shape index (κ2) is 5.28. The average molecular weight is 334 g/mol. The second-order valence-electron chi connectivity index (χ2n) is 6.57. The Hall–Kier alpha value is -1.08. The molecule has 1 amide bonds. The molecule has 0 radical (unpaired) electrons. The molecule has 0 bridgehead atoms. The number of likely N-dealkylation sites (tertiary alicyclic amines) is 1. The minimum Gasteiger partial charge on any atom is -0.337 e. The van der Waals surface area contributed by atoms with Gasteiger partial charge in [-0.15, -0.1) is 0 Å². The number of H-pyrrole nitrogens is 1. The molecule has 118 valence electrons. The highest BCUT2D eigenvalue weighted by atomic mass is 35.7. The molecule has 0 aliphatic carbocycles. The second-order valence-corrected chi connectivity index (χ2v) is 9.07. The highest BCUT2D eigenvalue weighted by molar-refractivity contribution is 8.13. The third kappa shape index (κ3) is 3.23. The van der Waals surface area contributed by atoms with Crippen LogP contribution < -0.4 is 0 Å². The van der Waals surface area contributed by atoms with Crippen LogP contribution in [0.5, 0.6) is 0 Å². The van der Waals surface area contributed by atoms with Gasteiger partial charge in [0.25, 0.3) is 15.0 Å². The van der Waals surface area contributed by atoms with Crippen molar-refractivity contribution in [3.8, 4) is 0 Å². The van der Waals surface area contributed by atoms with Gasteiger partial charge in [0.05, 0.1) is 5.69 Å². The number of aromatic nitrogens is 2. The van der Waals surface area contributed by atoms with E-state index in [0.29, 0.717) is 19.0 Å². The summed E-state index contributed by atoms with van der Waals surface area (Å²) in [5, 5.41) is 6.36. The Morgan fingerprint density at radius 2 is 2.05 bits per heavy atom. The fraction of sp³-hybridized carbons (Fsp3) is 0.692. The summed E-state index contributed by atoms with van der Waals surface area (Å²) in [6, 6.07) is 0. The first kappa shape index (κ1) is 16.3. The number of halogens is 1. The number of rotatable bonds is 2. The third-order valence-corrected chi connectivity index (χ3v) is 5.49. The van der Waals surface area contributed by atoms with E-state index in [1.165, 1.54) is 6.92 Å². The van der Waals surface area contributed by atoms with Crippen molar-refractivity contribution in [2.75, 3.05) is 13.1 Å². The van der Waals surface area contributed by atoms with Crippen LogP contribution in [0.4, 0.5) is 0 Å². The lowest BCUT2D eigenvalue weighted by molar-refractivity contribution is 0.0767. The maximum absolute atomic E-state index is 12.5. The number of aromatic amines is 1. The summed E-state index contributed by atoms with van der Waals surface area (Å²) in [7, 11) is 1.40. The molecular weight excluding hydrogens is 314 g/mol. The summed E-state index contributed by atoms with van der Waals surface area (Å²) < 4.78 is 23.2. The molecule has 1 unspecified atom stereocenters. The number of hydrogen-bond acceptors (Lipinski definition) is 4. The van der Waals surface area contributed by atoms with Crippen molar-refractivity contribution < 1.29 is 13.2 Å². The third-order valence-electron chi connectivity index (χ3n) is 4.04. The van der Waals surface area contributed by atoms with Gasteiger partial charge in [-0.05, 0) is 24.7 Å². The number of nitrogens with zero attached hydrogens (tertiary/aromatic N) is 2. The topological polar surface area (TPSA) is 83.1 Å². The van der Waals surface area contributed by atoms with Gasteiger partial charge in [-0.25, -0.2) is 8.42 Å². The molecule has 21 heavy (non-hydrogen) atoms. The Labute approximate surface area is 129 Å². The number of carbonyl (C=O) groups is 1. The van der Waals surface area contributed by atoms with E-state index in [1.807, 2.05) is 0 Å². The molecule has 1 saturated heterocycles. The van der Waals surface area contributed by atoms with Crippen molar-refractivity contribution >= 4 is 25.6 Å². The van der Waals surface area contributed by atoms with Crippen LogP contribution in [-0.2, 0) is 9.05 Å². The first-order chi connectivity index (χ1) is 9.51. The van der Waals surface area contributed by atoms with E-state index in [0.717, 1.165) is 6.42 Å². The van der Waals surface area contributed by atoms with Crippen LogP contribution in [0.15, 0.2) is 4.90 Å². The van der Waals surface area contributed by atoms with Crippen molar-refractivity contribution in [1.82, 2.24) is 15.1 Å². The minimum absolute atomic E-state index is 0.109. The zero-order valence-corrected chi connectivity index (χ0v) is 14.2. The van der Waals surface area contributed by atoms with Gasteiger partial charge in [-0.1, -0.05) is 20.8 Å². The van der Waals surface area contributed by atoms with Crippen molar-refractivity contribution in [3.63, 3.8) is 0 Å². The molecule has 0 aromatic carbocycles. The normalized spacial score (nSPS) is 20.0. The fourth-order valence-electron chi connectivity index (χ4n) is 2.66. The van der Waals surface area contributed by atoms with Gasteiger partial charge in [0.2, 0.25) is 0 Å². The number of hydrogen-bond donors (Lipinski definition) is 1. The van der Waals surface area contributed by atoms with Gasteiger partial charge < -0.3 is 4.90 Å². The molecule has 0 spiro atoms. The zero-order chi connectivity index (χ0) is 16.0. The van der Waals surface area contributed by atoms with Gasteiger partial charge in [-0.2, -0.15) is 5.10 Å². The monoisotopic (exact) mass is 333 g/mol. The van der Waals surface area contributed by atoms with Crippen LogP contribution in [-0.4, -0.2) is 42.5 Å². The quantitative estimate of drug-likeness (QED) is 0.841. The molecule has 8 heteroatoms. The first-order valence-electron chi connectivity index (χ1n) is 6.80. The predicted octanol–water partition coefficient (Wildman–Crippen LogP) is 2.15. The summed E-state index contributed by atoms with van der Waals surface area (Å²) in [4.78, 5) is 14.0. The van der Waals surface area contributed by atoms with Crippen LogP contribution in [0.25, 0.3) is 0 Å². The van der Waals surface area contributed by atoms with Gasteiger partial charge in [0.15, 0.2) is 5.69 Å². The van der Waals surface area contributed by atoms with Crippen molar-refractivity contribution in [3.05, 3.63) is 11.4 Å². The lowest BCUT2D eigenvalue weighted by Crippen LogP contribution is -2.32. The molecule has 1 aliphatic rings. The Kier molecular flexibility index (Phi) is 4.10. The minimum atomic E-state index is -4.01. The molecule has 1 N–H and O–H groups in total. The highest BCUT2D eigenvalue weighted by Crippen LogP contribution is 2.34. The molecule has 1 aromatic rings. The molecular formula is C13H20ClN3O3S. The van der Waals surface area contributed by atoms with E-state index in [1.54, 1.807) is 4.90 Å². The molecule has 0 saturated carbocycles. The van der Waals surface area contributed by atoms with Gasteiger partial charge in [-0.3, -0.25) is 9.89 Å². The maximum atomic E-state index is 12.5. The molecule has 1 aromatic heterocycles. The van der Waals surface area contributed by atoms with E-state index in [9.17, 15) is 13.2 Å². The Morgan fingerprint density at radius 3 is 2.52 bits per heavy atom. The van der Waals surface area contributed by atoms with Crippen LogP contribution in [0.2, 0.25) is 0 Å². The molecule has 6 nitrogen and oxygen atoms in total. The summed E-state index contributed by atoms with van der Waals surface area (Å²) in [5.74, 6) is 0.00266. The summed E-state index contributed by atoms with van der Waals surface area (Å²) >= 11 is 0. The Bertz CT molecular complexity index is 661. The Morgan fingerprint density at radius 1 is 1.43 bits per heavy atom. The largest absolute Gasteiger partial charge is 0.337 e. The Balaban J connectivity index is 2.28. The average Bonchev–Trinajstić information content (AvgIpc) is 2.91. The van der Waals surface area contributed by atoms with E-state index in [2.05, 4.69) is 31.0 Å². The summed E-state index contributed by atoms with van der Waals surface area (Å²) in [6.45, 7) is 9.16. The predicted molar refractivity (Wildman–Crippen MR) is 79.8 cm³/mol. The number of carbonyl (C=O) groups excluding carboxylic acids is 1. The highest BCUT2D eigenvalue weighted by Gasteiger charge is 2.37. The first-order valence-corrected chi connectivity index (χ1v) is 9.11. The standard InChI is InChI=1S/C13H20ClN3O3S/c1-8-11(21(14,19)20)10(16-15-8)12(18)17-6-5-9(7-17)13(2,3)4/h9H,5-7H2,1-4H3,(H,15,16). The van der Waals surface area contributed by atoms with E-state index in [-0.39, 0.29) is 27.6 Å². The maximum Gasteiger partial charge on any atom is 0.275 e.